The summed E-state index contributed by atoms with van der Waals surface area (Å²) in [7, 11) is -3.80. The van der Waals surface area contributed by atoms with E-state index in [0.717, 1.165) is 5.56 Å². The molecule has 1 fully saturated rings. The lowest BCUT2D eigenvalue weighted by atomic mass is 9.91. The Kier molecular flexibility index (Phi) is 9.90. The minimum atomic E-state index is -3.80. The van der Waals surface area contributed by atoms with Crippen molar-refractivity contribution >= 4 is 21.8 Å². The number of piperidine rings is 1. The molecule has 1 heterocycles. The summed E-state index contributed by atoms with van der Waals surface area (Å²) >= 11 is 0. The normalized spacial score (nSPS) is 15.1. The highest BCUT2D eigenvalue weighted by Crippen LogP contribution is 2.25. The van der Waals surface area contributed by atoms with Gasteiger partial charge in [0.25, 0.3) is 0 Å². The molecule has 0 aliphatic carbocycles. The quantitative estimate of drug-likeness (QED) is 0.454. The molecule has 0 saturated carbocycles. The number of amides is 2. The molecule has 0 N–H and O–H groups in total. The summed E-state index contributed by atoms with van der Waals surface area (Å²) in [5.41, 5.74) is 0.922. The zero-order chi connectivity index (χ0) is 27.1. The van der Waals surface area contributed by atoms with Gasteiger partial charge in [-0.1, -0.05) is 76.2 Å². The number of carbonyl (C=O) groups excluding carboxylic acids is 2. The molecule has 0 bridgehead atoms. The Bertz CT molecular complexity index is 1120. The number of benzene rings is 2. The van der Waals surface area contributed by atoms with Gasteiger partial charge in [0, 0.05) is 38.6 Å². The van der Waals surface area contributed by atoms with E-state index in [1.807, 2.05) is 47.1 Å². The van der Waals surface area contributed by atoms with Gasteiger partial charge < -0.3 is 9.80 Å². The summed E-state index contributed by atoms with van der Waals surface area (Å²) in [4.78, 5) is 30.4. The summed E-state index contributed by atoms with van der Waals surface area (Å²) in [5.74, 6) is -0.0637. The highest BCUT2D eigenvalue weighted by atomic mass is 32.2. The Morgan fingerprint density at radius 1 is 0.946 bits per heavy atom. The van der Waals surface area contributed by atoms with Crippen LogP contribution in [0, 0.1) is 5.41 Å². The van der Waals surface area contributed by atoms with Crippen molar-refractivity contribution in [2.24, 2.45) is 5.41 Å². The van der Waals surface area contributed by atoms with E-state index in [2.05, 4.69) is 20.8 Å². The van der Waals surface area contributed by atoms with Crippen molar-refractivity contribution in [1.29, 1.82) is 0 Å². The van der Waals surface area contributed by atoms with Crippen LogP contribution in [0.5, 0.6) is 0 Å². The van der Waals surface area contributed by atoms with E-state index in [1.54, 1.807) is 30.3 Å². The molecule has 2 amide bonds. The predicted molar refractivity (Wildman–Crippen MR) is 146 cm³/mol. The number of hydrogen-bond acceptors (Lipinski definition) is 4. The average Bonchev–Trinajstić information content (AvgIpc) is 2.87. The molecule has 1 aliphatic heterocycles. The summed E-state index contributed by atoms with van der Waals surface area (Å²) < 4.78 is 28.0. The molecule has 8 heteroatoms. The van der Waals surface area contributed by atoms with Gasteiger partial charge in [-0.2, -0.15) is 4.31 Å². The summed E-state index contributed by atoms with van der Waals surface area (Å²) in [6.45, 7) is 9.74. The van der Waals surface area contributed by atoms with Crippen LogP contribution in [0.2, 0.25) is 0 Å². The number of likely N-dealkylation sites (tertiary alicyclic amines) is 1. The second-order valence-corrected chi connectivity index (χ2v) is 12.9. The number of rotatable bonds is 10. The Morgan fingerprint density at radius 3 is 2.05 bits per heavy atom. The van der Waals surface area contributed by atoms with E-state index in [-0.39, 0.29) is 41.3 Å². The summed E-state index contributed by atoms with van der Waals surface area (Å²) in [6.07, 6.45) is 2.45. The van der Waals surface area contributed by atoms with Crippen LogP contribution in [0.25, 0.3) is 0 Å². The lowest BCUT2D eigenvalue weighted by Crippen LogP contribution is -2.51. The van der Waals surface area contributed by atoms with E-state index < -0.39 is 10.0 Å². The van der Waals surface area contributed by atoms with Crippen LogP contribution in [0.15, 0.2) is 65.6 Å². The molecule has 7 nitrogen and oxygen atoms in total. The van der Waals surface area contributed by atoms with Gasteiger partial charge in [0.1, 0.15) is 0 Å². The van der Waals surface area contributed by atoms with Crippen LogP contribution < -0.4 is 0 Å². The molecule has 0 unspecified atom stereocenters. The van der Waals surface area contributed by atoms with Crippen molar-refractivity contribution in [3.05, 3.63) is 66.2 Å². The lowest BCUT2D eigenvalue weighted by Gasteiger charge is -2.40. The third-order valence-electron chi connectivity index (χ3n) is 6.62. The molecule has 202 valence electrons. The molecule has 1 aliphatic rings. The van der Waals surface area contributed by atoms with E-state index in [4.69, 9.17) is 0 Å². The average molecular weight is 528 g/mol. The first-order valence-corrected chi connectivity index (χ1v) is 14.6. The minimum Gasteiger partial charge on any atom is -0.343 e. The molecule has 1 saturated heterocycles. The molecule has 3 rings (SSSR count). The zero-order valence-electron chi connectivity index (χ0n) is 22.6. The first kappa shape index (κ1) is 28.9. The molecule has 0 spiro atoms. The zero-order valence-corrected chi connectivity index (χ0v) is 23.4. The minimum absolute atomic E-state index is 0.0608. The monoisotopic (exact) mass is 527 g/mol. The Balaban J connectivity index is 1.78. The Labute approximate surface area is 222 Å². The molecule has 0 aromatic heterocycles. The third kappa shape index (κ3) is 8.14. The van der Waals surface area contributed by atoms with Crippen molar-refractivity contribution in [2.45, 2.75) is 70.9 Å². The van der Waals surface area contributed by atoms with Crippen molar-refractivity contribution in [2.75, 3.05) is 26.2 Å². The van der Waals surface area contributed by atoms with Crippen molar-refractivity contribution < 1.29 is 18.0 Å². The van der Waals surface area contributed by atoms with Gasteiger partial charge in [-0.05, 0) is 42.4 Å². The maximum Gasteiger partial charge on any atom is 0.243 e. The van der Waals surface area contributed by atoms with Gasteiger partial charge >= 0.3 is 0 Å². The topological polar surface area (TPSA) is 78.0 Å². The molecule has 2 aromatic rings. The second kappa shape index (κ2) is 12.7. The number of carbonyl (C=O) groups is 2. The molecular weight excluding hydrogens is 486 g/mol. The van der Waals surface area contributed by atoms with Gasteiger partial charge in [-0.15, -0.1) is 0 Å². The van der Waals surface area contributed by atoms with Gasteiger partial charge in [0.2, 0.25) is 21.8 Å². The number of sulfonamides is 1. The largest absolute Gasteiger partial charge is 0.343 e. The Morgan fingerprint density at radius 2 is 1.51 bits per heavy atom. The fraction of sp³-hybridized carbons (Fsp3) is 0.517. The molecular formula is C29H41N3O4S. The van der Waals surface area contributed by atoms with Gasteiger partial charge in [0.15, 0.2) is 0 Å². The molecule has 0 radical (unpaired) electrons. The molecule has 2 aromatic carbocycles. The third-order valence-corrected chi connectivity index (χ3v) is 8.48. The van der Waals surface area contributed by atoms with Gasteiger partial charge in [-0.25, -0.2) is 8.42 Å². The maximum absolute atomic E-state index is 13.8. The van der Waals surface area contributed by atoms with Crippen LogP contribution in [-0.4, -0.2) is 66.6 Å². The van der Waals surface area contributed by atoms with E-state index in [1.165, 1.54) is 4.31 Å². The van der Waals surface area contributed by atoms with Crippen molar-refractivity contribution in [3.8, 4) is 0 Å². The van der Waals surface area contributed by atoms with Crippen LogP contribution >= 0.6 is 0 Å². The summed E-state index contributed by atoms with van der Waals surface area (Å²) in [6, 6.07) is 18.0. The summed E-state index contributed by atoms with van der Waals surface area (Å²) in [5, 5.41) is 0. The van der Waals surface area contributed by atoms with Crippen molar-refractivity contribution in [1.82, 2.24) is 14.1 Å². The second-order valence-electron chi connectivity index (χ2n) is 11.0. The smallest absolute Gasteiger partial charge is 0.243 e. The van der Waals surface area contributed by atoms with Gasteiger partial charge in [0.05, 0.1) is 11.4 Å². The standard InChI is InChI=1S/C29H41N3O4S/c1-5-18-31(37(35,36)26-14-10-7-11-15-26)23-28(34)32(22-24-12-8-6-9-13-24)25-16-19-30(20-17-25)27(33)21-29(2,3)4/h6-15,25H,5,16-23H2,1-4H3. The van der Waals surface area contributed by atoms with E-state index in [9.17, 15) is 18.0 Å². The van der Waals surface area contributed by atoms with Crippen LogP contribution in [0.4, 0.5) is 0 Å². The van der Waals surface area contributed by atoms with Crippen molar-refractivity contribution in [3.63, 3.8) is 0 Å². The number of hydrogen-bond donors (Lipinski definition) is 0. The fourth-order valence-electron chi connectivity index (χ4n) is 4.71. The Hall–Kier alpha value is -2.71. The SMILES string of the molecule is CCCN(CC(=O)N(Cc1ccccc1)C1CCN(C(=O)CC(C)(C)C)CC1)S(=O)(=O)c1ccccc1. The molecule has 0 atom stereocenters. The van der Waals surface area contributed by atoms with Crippen LogP contribution in [-0.2, 0) is 26.2 Å². The fourth-order valence-corrected chi connectivity index (χ4v) is 6.21. The molecule has 37 heavy (non-hydrogen) atoms. The highest BCUT2D eigenvalue weighted by Gasteiger charge is 2.33. The first-order valence-electron chi connectivity index (χ1n) is 13.2. The lowest BCUT2D eigenvalue weighted by molar-refractivity contribution is -0.138. The van der Waals surface area contributed by atoms with E-state index >= 15 is 0 Å². The van der Waals surface area contributed by atoms with Crippen LogP contribution in [0.3, 0.4) is 0 Å². The number of nitrogens with zero attached hydrogens (tertiary/aromatic N) is 3. The van der Waals surface area contributed by atoms with Crippen LogP contribution in [0.1, 0.15) is 58.9 Å². The van der Waals surface area contributed by atoms with E-state index in [0.29, 0.717) is 45.3 Å². The predicted octanol–water partition coefficient (Wildman–Crippen LogP) is 4.54. The first-order chi connectivity index (χ1) is 17.5. The maximum atomic E-state index is 13.8. The van der Waals surface area contributed by atoms with Gasteiger partial charge in [-0.3, -0.25) is 9.59 Å². The highest BCUT2D eigenvalue weighted by molar-refractivity contribution is 7.89.